The molecule has 3 aliphatic rings. The van der Waals surface area contributed by atoms with E-state index in [4.69, 9.17) is 4.74 Å². The van der Waals surface area contributed by atoms with Crippen molar-refractivity contribution in [2.24, 2.45) is 11.8 Å². The topological polar surface area (TPSA) is 108 Å². The minimum atomic E-state index is -1.13. The van der Waals surface area contributed by atoms with E-state index >= 15 is 0 Å². The molecule has 2 bridgehead atoms. The predicted octanol–water partition coefficient (Wildman–Crippen LogP) is 2.85. The molecule has 0 saturated carbocycles. The lowest BCUT2D eigenvalue weighted by Gasteiger charge is -2.33. The largest absolute Gasteiger partial charge is 0.395 e. The third-order valence-electron chi connectivity index (χ3n) is 8.47. The molecule has 6 rings (SSSR count). The van der Waals surface area contributed by atoms with Crippen molar-refractivity contribution < 1.29 is 24.2 Å². The number of rotatable bonds is 7. The lowest BCUT2D eigenvalue weighted by atomic mass is 9.66. The number of nitrogens with one attached hydrogen (secondary N) is 2. The Labute approximate surface area is 221 Å². The van der Waals surface area contributed by atoms with Crippen LogP contribution in [0.4, 0.5) is 5.69 Å². The van der Waals surface area contributed by atoms with Gasteiger partial charge in [-0.15, -0.1) is 0 Å². The van der Waals surface area contributed by atoms with Crippen molar-refractivity contribution >= 4 is 34.2 Å². The first-order valence-electron chi connectivity index (χ1n) is 13.1. The molecule has 0 aliphatic carbocycles. The van der Waals surface area contributed by atoms with Crippen LogP contribution in [0.3, 0.4) is 0 Å². The van der Waals surface area contributed by atoms with Crippen LogP contribution < -0.4 is 10.6 Å². The van der Waals surface area contributed by atoms with Crippen LogP contribution in [-0.2, 0) is 25.7 Å². The fraction of sp³-hybridized carbons (Fsp3) is 0.367. The molecule has 2 unspecified atom stereocenters. The Kier molecular flexibility index (Phi) is 5.96. The van der Waals surface area contributed by atoms with Crippen molar-refractivity contribution in [3.63, 3.8) is 0 Å². The van der Waals surface area contributed by atoms with E-state index in [1.165, 1.54) is 4.90 Å². The SMILES string of the molecule is C[C@]12CCC3(O1)C(C(=O)Nc1ccc4ccccc4c1)N(CCO)C(=O)[C@@H]3[C@H]2C(=O)NCc1ccccc1. The van der Waals surface area contributed by atoms with Gasteiger partial charge in [0.05, 0.1) is 24.0 Å². The van der Waals surface area contributed by atoms with Crippen molar-refractivity contribution in [2.75, 3.05) is 18.5 Å². The second-order valence-electron chi connectivity index (χ2n) is 10.7. The number of aliphatic hydroxyl groups excluding tert-OH is 1. The van der Waals surface area contributed by atoms with Crippen molar-refractivity contribution in [2.45, 2.75) is 43.6 Å². The smallest absolute Gasteiger partial charge is 0.250 e. The Bertz CT molecular complexity index is 1410. The van der Waals surface area contributed by atoms with Crippen LogP contribution >= 0.6 is 0 Å². The molecule has 3 N–H and O–H groups in total. The molecule has 3 saturated heterocycles. The number of benzene rings is 3. The molecule has 3 heterocycles. The van der Waals surface area contributed by atoms with Gasteiger partial charge in [0.2, 0.25) is 17.7 Å². The molecule has 8 nitrogen and oxygen atoms in total. The van der Waals surface area contributed by atoms with Crippen molar-refractivity contribution in [3.05, 3.63) is 78.4 Å². The van der Waals surface area contributed by atoms with E-state index in [-0.39, 0.29) is 30.9 Å². The summed E-state index contributed by atoms with van der Waals surface area (Å²) in [4.78, 5) is 42.6. The minimum Gasteiger partial charge on any atom is -0.395 e. The van der Waals surface area contributed by atoms with E-state index in [0.29, 0.717) is 25.1 Å². The van der Waals surface area contributed by atoms with Gasteiger partial charge in [0, 0.05) is 18.8 Å². The van der Waals surface area contributed by atoms with E-state index in [0.717, 1.165) is 16.3 Å². The van der Waals surface area contributed by atoms with E-state index in [2.05, 4.69) is 10.6 Å². The third kappa shape index (κ3) is 3.78. The average Bonchev–Trinajstić information content (AvgIpc) is 3.49. The van der Waals surface area contributed by atoms with Crippen LogP contribution in [0.15, 0.2) is 72.8 Å². The minimum absolute atomic E-state index is 0.00861. The first kappa shape index (κ1) is 24.6. The molecule has 38 heavy (non-hydrogen) atoms. The van der Waals surface area contributed by atoms with Gasteiger partial charge in [-0.25, -0.2) is 0 Å². The molecule has 3 aromatic rings. The van der Waals surface area contributed by atoms with Gasteiger partial charge in [-0.05, 0) is 48.2 Å². The lowest BCUT2D eigenvalue weighted by molar-refractivity contribution is -0.145. The predicted molar refractivity (Wildman–Crippen MR) is 142 cm³/mol. The number of ether oxygens (including phenoxy) is 1. The Morgan fingerprint density at radius 3 is 2.50 bits per heavy atom. The second-order valence-corrected chi connectivity index (χ2v) is 10.7. The first-order chi connectivity index (χ1) is 18.4. The number of carbonyl (C=O) groups is 3. The molecule has 8 heteroatoms. The number of aliphatic hydroxyl groups is 1. The second kappa shape index (κ2) is 9.22. The quantitative estimate of drug-likeness (QED) is 0.450. The maximum absolute atomic E-state index is 13.8. The molecule has 0 aromatic heterocycles. The van der Waals surface area contributed by atoms with Crippen molar-refractivity contribution in [1.82, 2.24) is 10.2 Å². The van der Waals surface area contributed by atoms with Gasteiger partial charge >= 0.3 is 0 Å². The summed E-state index contributed by atoms with van der Waals surface area (Å²) >= 11 is 0. The zero-order valence-electron chi connectivity index (χ0n) is 21.2. The normalized spacial score (nSPS) is 29.5. The summed E-state index contributed by atoms with van der Waals surface area (Å²) in [7, 11) is 0. The summed E-state index contributed by atoms with van der Waals surface area (Å²) < 4.78 is 6.58. The monoisotopic (exact) mass is 513 g/mol. The molecule has 196 valence electrons. The van der Waals surface area contributed by atoms with Crippen LogP contribution in [0, 0.1) is 11.8 Å². The van der Waals surface area contributed by atoms with Crippen LogP contribution in [0.25, 0.3) is 10.8 Å². The number of nitrogens with zero attached hydrogens (tertiary/aromatic N) is 1. The third-order valence-corrected chi connectivity index (χ3v) is 8.47. The Morgan fingerprint density at radius 2 is 1.74 bits per heavy atom. The van der Waals surface area contributed by atoms with Crippen molar-refractivity contribution in [1.29, 1.82) is 0 Å². The lowest BCUT2D eigenvalue weighted by Crippen LogP contribution is -2.53. The fourth-order valence-electron chi connectivity index (χ4n) is 6.85. The molecule has 5 atom stereocenters. The highest BCUT2D eigenvalue weighted by molar-refractivity contribution is 6.04. The summed E-state index contributed by atoms with van der Waals surface area (Å²) in [6.45, 7) is 1.91. The summed E-state index contributed by atoms with van der Waals surface area (Å²) in [5, 5.41) is 17.8. The Hall–Kier alpha value is -3.75. The molecular formula is C30H31N3O5. The first-order valence-corrected chi connectivity index (χ1v) is 13.1. The highest BCUT2D eigenvalue weighted by atomic mass is 16.5. The average molecular weight is 514 g/mol. The van der Waals surface area contributed by atoms with Gasteiger partial charge in [-0.2, -0.15) is 0 Å². The van der Waals surface area contributed by atoms with Crippen LogP contribution in [0.5, 0.6) is 0 Å². The number of anilines is 1. The Morgan fingerprint density at radius 1 is 1.00 bits per heavy atom. The molecule has 3 amide bonds. The molecular weight excluding hydrogens is 482 g/mol. The maximum atomic E-state index is 13.8. The zero-order valence-corrected chi connectivity index (χ0v) is 21.2. The number of likely N-dealkylation sites (tertiary alicyclic amines) is 1. The van der Waals surface area contributed by atoms with Crippen LogP contribution in [0.2, 0.25) is 0 Å². The van der Waals surface area contributed by atoms with Gasteiger partial charge in [0.15, 0.2) is 0 Å². The number of carbonyl (C=O) groups excluding carboxylic acids is 3. The van der Waals surface area contributed by atoms with E-state index < -0.39 is 29.1 Å². The van der Waals surface area contributed by atoms with Gasteiger partial charge in [-0.1, -0.05) is 60.7 Å². The number of β-amino-alcohol motifs (C(OH)–C–C–N with tert-alkyl or cyclic N) is 1. The van der Waals surface area contributed by atoms with Gasteiger partial charge in [0.1, 0.15) is 11.6 Å². The highest BCUT2D eigenvalue weighted by Crippen LogP contribution is 2.63. The standard InChI is InChI=1S/C30H31N3O5/c1-29-13-14-30(38-29)24(23(29)26(35)31-18-19-7-3-2-4-8-19)28(37)33(15-16-34)25(30)27(36)32-22-12-11-20-9-5-6-10-21(20)17-22/h2-12,17,23-25,34H,13-16,18H2,1H3,(H,31,35)(H,32,36)/t23-,24-,25?,29+,30?/m0/s1. The van der Waals surface area contributed by atoms with Crippen molar-refractivity contribution in [3.8, 4) is 0 Å². The van der Waals surface area contributed by atoms with Crippen LogP contribution in [0.1, 0.15) is 25.3 Å². The maximum Gasteiger partial charge on any atom is 0.250 e. The molecule has 1 spiro atoms. The molecule has 3 aromatic carbocycles. The van der Waals surface area contributed by atoms with Crippen LogP contribution in [-0.4, -0.2) is 58.1 Å². The number of hydrogen-bond donors (Lipinski definition) is 3. The highest BCUT2D eigenvalue weighted by Gasteiger charge is 2.77. The number of hydrogen-bond acceptors (Lipinski definition) is 5. The van der Waals surface area contributed by atoms with Gasteiger partial charge in [0.25, 0.3) is 0 Å². The van der Waals surface area contributed by atoms with E-state index in [1.807, 2.05) is 79.7 Å². The number of fused-ring (bicyclic) bond motifs is 2. The van der Waals surface area contributed by atoms with E-state index in [9.17, 15) is 19.5 Å². The van der Waals surface area contributed by atoms with Gasteiger partial charge in [-0.3, -0.25) is 14.4 Å². The Balaban J connectivity index is 1.30. The summed E-state index contributed by atoms with van der Waals surface area (Å²) in [6.07, 6.45) is 1.05. The zero-order chi connectivity index (χ0) is 26.5. The summed E-state index contributed by atoms with van der Waals surface area (Å²) in [5.41, 5.74) is -0.414. The van der Waals surface area contributed by atoms with Gasteiger partial charge < -0.3 is 25.4 Å². The summed E-state index contributed by atoms with van der Waals surface area (Å²) in [5.74, 6) is -2.47. The van der Waals surface area contributed by atoms with E-state index in [1.54, 1.807) is 0 Å². The fourth-order valence-corrected chi connectivity index (χ4v) is 6.85. The summed E-state index contributed by atoms with van der Waals surface area (Å²) in [6, 6.07) is 22.1. The number of amides is 3. The molecule has 3 aliphatic heterocycles. The molecule has 3 fully saturated rings. The molecule has 0 radical (unpaired) electrons.